The van der Waals surface area contributed by atoms with Gasteiger partial charge < -0.3 is 10.2 Å². The first-order chi connectivity index (χ1) is 9.00. The second-order valence-corrected chi connectivity index (χ2v) is 4.60. The molecular weight excluding hydrogens is 240 g/mol. The summed E-state index contributed by atoms with van der Waals surface area (Å²) in [5, 5.41) is 18.8. The van der Waals surface area contributed by atoms with E-state index < -0.39 is 12.1 Å². The van der Waals surface area contributed by atoms with E-state index in [1.54, 1.807) is 26.0 Å². The van der Waals surface area contributed by atoms with Gasteiger partial charge in [0.15, 0.2) is 0 Å². The number of hydrogen-bond acceptors (Lipinski definition) is 2. The van der Waals surface area contributed by atoms with Gasteiger partial charge in [-0.3, -0.25) is 0 Å². The molecule has 0 heterocycles. The van der Waals surface area contributed by atoms with Crippen LogP contribution in [-0.4, -0.2) is 16.2 Å². The van der Waals surface area contributed by atoms with E-state index in [0.29, 0.717) is 11.1 Å². The number of carboxylic acids is 1. The lowest BCUT2D eigenvalue weighted by molar-refractivity contribution is 0.0696. The molecule has 3 heteroatoms. The van der Waals surface area contributed by atoms with Gasteiger partial charge in [0.25, 0.3) is 0 Å². The molecule has 98 valence electrons. The first-order valence-corrected chi connectivity index (χ1v) is 6.12. The highest BCUT2D eigenvalue weighted by Gasteiger charge is 2.12. The van der Waals surface area contributed by atoms with Gasteiger partial charge in [0.05, 0.1) is 11.7 Å². The molecule has 2 aromatic rings. The highest BCUT2D eigenvalue weighted by molar-refractivity contribution is 5.90. The van der Waals surface area contributed by atoms with Gasteiger partial charge in [0, 0.05) is 0 Å². The molecule has 0 fully saturated rings. The molecule has 0 aliphatic carbocycles. The number of aliphatic hydroxyl groups excluding tert-OH is 1. The van der Waals surface area contributed by atoms with Crippen LogP contribution in [0.25, 0.3) is 11.1 Å². The number of rotatable bonds is 3. The fourth-order valence-electron chi connectivity index (χ4n) is 2.20. The van der Waals surface area contributed by atoms with Gasteiger partial charge in [0.2, 0.25) is 0 Å². The Bertz CT molecular complexity index is 615. The summed E-state index contributed by atoms with van der Waals surface area (Å²) in [7, 11) is 0. The van der Waals surface area contributed by atoms with E-state index in [1.807, 2.05) is 30.3 Å². The van der Waals surface area contributed by atoms with Crippen LogP contribution >= 0.6 is 0 Å². The molecule has 0 aliphatic heterocycles. The Morgan fingerprint density at radius 2 is 1.84 bits per heavy atom. The second kappa shape index (κ2) is 5.24. The molecule has 0 aliphatic rings. The summed E-state index contributed by atoms with van der Waals surface area (Å²) in [6.07, 6.45) is -0.560. The van der Waals surface area contributed by atoms with Crippen LogP contribution in [0.1, 0.15) is 34.5 Å². The van der Waals surface area contributed by atoms with Crippen molar-refractivity contribution < 1.29 is 15.0 Å². The predicted molar refractivity (Wildman–Crippen MR) is 74.2 cm³/mol. The smallest absolute Gasteiger partial charge is 0.335 e. The molecule has 0 spiro atoms. The summed E-state index contributed by atoms with van der Waals surface area (Å²) in [4.78, 5) is 11.0. The first kappa shape index (κ1) is 13.3. The van der Waals surface area contributed by atoms with Crippen molar-refractivity contribution in [3.05, 3.63) is 59.2 Å². The van der Waals surface area contributed by atoms with Crippen LogP contribution < -0.4 is 0 Å². The second-order valence-electron chi connectivity index (χ2n) is 4.60. The highest BCUT2D eigenvalue weighted by Crippen LogP contribution is 2.29. The third-order valence-electron chi connectivity index (χ3n) is 3.18. The van der Waals surface area contributed by atoms with Crippen LogP contribution in [0, 0.1) is 6.92 Å². The Labute approximate surface area is 112 Å². The summed E-state index contributed by atoms with van der Waals surface area (Å²) in [6.45, 7) is 3.50. The van der Waals surface area contributed by atoms with E-state index in [-0.39, 0.29) is 0 Å². The van der Waals surface area contributed by atoms with E-state index >= 15 is 0 Å². The maximum Gasteiger partial charge on any atom is 0.335 e. The Kier molecular flexibility index (Phi) is 3.67. The van der Waals surface area contributed by atoms with Crippen molar-refractivity contribution in [3.8, 4) is 11.1 Å². The predicted octanol–water partition coefficient (Wildman–Crippen LogP) is 3.41. The van der Waals surface area contributed by atoms with Crippen LogP contribution in [0.5, 0.6) is 0 Å². The fourth-order valence-corrected chi connectivity index (χ4v) is 2.20. The third-order valence-corrected chi connectivity index (χ3v) is 3.18. The van der Waals surface area contributed by atoms with Gasteiger partial charge in [0.1, 0.15) is 0 Å². The van der Waals surface area contributed by atoms with Gasteiger partial charge >= 0.3 is 5.97 Å². The zero-order valence-corrected chi connectivity index (χ0v) is 10.9. The van der Waals surface area contributed by atoms with Crippen molar-refractivity contribution in [2.45, 2.75) is 20.0 Å². The number of aromatic carboxylic acids is 1. The molecule has 0 bridgehead atoms. The van der Waals surface area contributed by atoms with Crippen LogP contribution in [0.3, 0.4) is 0 Å². The molecule has 2 N–H and O–H groups in total. The van der Waals surface area contributed by atoms with Gasteiger partial charge in [-0.05, 0) is 42.2 Å². The van der Waals surface area contributed by atoms with E-state index in [4.69, 9.17) is 5.11 Å². The average molecular weight is 256 g/mol. The quantitative estimate of drug-likeness (QED) is 0.884. The van der Waals surface area contributed by atoms with E-state index in [1.165, 1.54) is 0 Å². The normalized spacial score (nSPS) is 12.2. The first-order valence-electron chi connectivity index (χ1n) is 6.12. The van der Waals surface area contributed by atoms with Gasteiger partial charge in [-0.25, -0.2) is 4.79 Å². The van der Waals surface area contributed by atoms with E-state index in [9.17, 15) is 9.90 Å². The van der Waals surface area contributed by atoms with E-state index in [2.05, 4.69) is 0 Å². The maximum atomic E-state index is 11.0. The summed E-state index contributed by atoms with van der Waals surface area (Å²) in [6, 6.07) is 12.8. The van der Waals surface area contributed by atoms with Crippen LogP contribution in [-0.2, 0) is 0 Å². The summed E-state index contributed by atoms with van der Waals surface area (Å²) in [5.74, 6) is -0.923. The Hall–Kier alpha value is -2.13. The Morgan fingerprint density at radius 1 is 1.16 bits per heavy atom. The standard InChI is InChI=1S/C16H16O3/c1-10-9-12(7-8-13(10)16(18)19)15-6-4-3-5-14(15)11(2)17/h3-9,11,17H,1-2H3,(H,18,19)/t11-/m1/s1. The minimum absolute atomic E-state index is 0.304. The Balaban J connectivity index is 2.54. The van der Waals surface area contributed by atoms with Crippen molar-refractivity contribution in [1.29, 1.82) is 0 Å². The van der Waals surface area contributed by atoms with Crippen molar-refractivity contribution in [2.75, 3.05) is 0 Å². The van der Waals surface area contributed by atoms with Crippen molar-refractivity contribution in [1.82, 2.24) is 0 Å². The highest BCUT2D eigenvalue weighted by atomic mass is 16.4. The van der Waals surface area contributed by atoms with Gasteiger partial charge in [-0.2, -0.15) is 0 Å². The van der Waals surface area contributed by atoms with Gasteiger partial charge in [-0.15, -0.1) is 0 Å². The zero-order chi connectivity index (χ0) is 14.0. The minimum atomic E-state index is -0.923. The molecule has 0 amide bonds. The lowest BCUT2D eigenvalue weighted by atomic mass is 9.94. The Morgan fingerprint density at radius 3 is 2.42 bits per heavy atom. The van der Waals surface area contributed by atoms with Crippen LogP contribution in [0.2, 0.25) is 0 Å². The van der Waals surface area contributed by atoms with E-state index in [0.717, 1.165) is 16.7 Å². The lowest BCUT2D eigenvalue weighted by Crippen LogP contribution is -2.00. The average Bonchev–Trinajstić information content (AvgIpc) is 2.38. The maximum absolute atomic E-state index is 11.0. The summed E-state index contributed by atoms with van der Waals surface area (Å²) in [5.41, 5.74) is 3.70. The molecule has 0 radical (unpaired) electrons. The lowest BCUT2D eigenvalue weighted by Gasteiger charge is -2.13. The molecule has 2 aromatic carbocycles. The van der Waals surface area contributed by atoms with Crippen LogP contribution in [0.15, 0.2) is 42.5 Å². The molecule has 0 saturated carbocycles. The molecule has 0 unspecified atom stereocenters. The number of aryl methyl sites for hydroxylation is 1. The summed E-state index contributed by atoms with van der Waals surface area (Å²) >= 11 is 0. The third kappa shape index (κ3) is 2.66. The SMILES string of the molecule is Cc1cc(-c2ccccc2[C@@H](C)O)ccc1C(=O)O. The van der Waals surface area contributed by atoms with Crippen molar-refractivity contribution >= 4 is 5.97 Å². The summed E-state index contributed by atoms with van der Waals surface area (Å²) < 4.78 is 0. The fraction of sp³-hybridized carbons (Fsp3) is 0.188. The number of carbonyl (C=O) groups is 1. The molecule has 2 rings (SSSR count). The molecule has 1 atom stereocenters. The minimum Gasteiger partial charge on any atom is -0.478 e. The number of benzene rings is 2. The number of hydrogen-bond donors (Lipinski definition) is 2. The van der Waals surface area contributed by atoms with Crippen molar-refractivity contribution in [2.24, 2.45) is 0 Å². The topological polar surface area (TPSA) is 57.5 Å². The molecule has 3 nitrogen and oxygen atoms in total. The largest absolute Gasteiger partial charge is 0.478 e. The molecule has 0 aromatic heterocycles. The molecule has 0 saturated heterocycles. The molecular formula is C16H16O3. The van der Waals surface area contributed by atoms with Gasteiger partial charge in [-0.1, -0.05) is 36.4 Å². The number of carboxylic acid groups (broad SMARTS) is 1. The zero-order valence-electron chi connectivity index (χ0n) is 10.9. The van der Waals surface area contributed by atoms with Crippen molar-refractivity contribution in [3.63, 3.8) is 0 Å². The van der Waals surface area contributed by atoms with Crippen LogP contribution in [0.4, 0.5) is 0 Å². The number of aliphatic hydroxyl groups is 1. The monoisotopic (exact) mass is 256 g/mol. The molecule has 19 heavy (non-hydrogen) atoms.